The van der Waals surface area contributed by atoms with E-state index in [0.717, 1.165) is 63.2 Å². The number of piperidine rings is 1. The molecule has 0 bridgehead atoms. The molecule has 180 valence electrons. The Morgan fingerprint density at radius 3 is 2.42 bits per heavy atom. The van der Waals surface area contributed by atoms with Crippen LogP contribution in [0.2, 0.25) is 0 Å². The predicted octanol–water partition coefficient (Wildman–Crippen LogP) is 3.68. The number of rotatable bonds is 7. The molecule has 1 N–H and O–H groups in total. The maximum absolute atomic E-state index is 13.7. The van der Waals surface area contributed by atoms with Crippen molar-refractivity contribution in [2.24, 2.45) is 5.92 Å². The maximum Gasteiger partial charge on any atom is 0.322 e. The molecular weight excluding hydrogens is 414 g/mol. The fourth-order valence-corrected chi connectivity index (χ4v) is 5.17. The van der Waals surface area contributed by atoms with Gasteiger partial charge >= 0.3 is 6.03 Å². The molecule has 2 aliphatic heterocycles. The number of nitrogens with zero attached hydrogens (tertiary/aromatic N) is 4. The molecule has 2 saturated heterocycles. The lowest BCUT2D eigenvalue weighted by atomic mass is 10.0. The minimum atomic E-state index is -0.0522. The van der Waals surface area contributed by atoms with Gasteiger partial charge in [0.05, 0.1) is 5.69 Å². The van der Waals surface area contributed by atoms with Crippen LogP contribution in [0.4, 0.5) is 10.5 Å². The molecule has 0 saturated carbocycles. The molecule has 0 spiro atoms. The topological polar surface area (TPSA) is 60.8 Å². The van der Waals surface area contributed by atoms with Gasteiger partial charge in [-0.1, -0.05) is 32.0 Å². The molecule has 7 heteroatoms. The number of fused-ring (bicyclic) bond motifs is 1. The third kappa shape index (κ3) is 5.76. The van der Waals surface area contributed by atoms with Crippen LogP contribution in [0.5, 0.6) is 0 Å². The third-order valence-corrected chi connectivity index (χ3v) is 7.04. The minimum absolute atomic E-state index is 0.00138. The monoisotopic (exact) mass is 453 g/mol. The van der Waals surface area contributed by atoms with E-state index in [4.69, 9.17) is 0 Å². The lowest BCUT2D eigenvalue weighted by Crippen LogP contribution is -2.50. The fraction of sp³-hybridized carbons (Fsp3) is 0.615. The molecule has 33 heavy (non-hydrogen) atoms. The van der Waals surface area contributed by atoms with Crippen molar-refractivity contribution in [3.05, 3.63) is 40.8 Å². The molecule has 0 radical (unpaired) electrons. The molecule has 0 atom stereocenters. The van der Waals surface area contributed by atoms with Gasteiger partial charge in [-0.25, -0.2) is 4.79 Å². The Labute approximate surface area is 197 Å². The molecule has 2 aromatic rings. The van der Waals surface area contributed by atoms with E-state index < -0.39 is 0 Å². The molecule has 0 unspecified atom stereocenters. The van der Waals surface area contributed by atoms with Gasteiger partial charge in [-0.3, -0.25) is 4.79 Å². The van der Waals surface area contributed by atoms with Gasteiger partial charge in [0.15, 0.2) is 0 Å². The summed E-state index contributed by atoms with van der Waals surface area (Å²) in [5, 5.41) is 4.66. The van der Waals surface area contributed by atoms with Crippen molar-refractivity contribution >= 4 is 22.5 Å². The fourth-order valence-electron chi connectivity index (χ4n) is 5.17. The number of pyridine rings is 1. The first-order chi connectivity index (χ1) is 15.9. The zero-order valence-electron chi connectivity index (χ0n) is 20.4. The third-order valence-electron chi connectivity index (χ3n) is 7.04. The van der Waals surface area contributed by atoms with E-state index in [1.54, 1.807) is 4.57 Å². The van der Waals surface area contributed by atoms with Crippen LogP contribution in [0, 0.1) is 5.92 Å². The Morgan fingerprint density at radius 2 is 1.76 bits per heavy atom. The van der Waals surface area contributed by atoms with Gasteiger partial charge in [0.25, 0.3) is 5.56 Å². The van der Waals surface area contributed by atoms with E-state index in [9.17, 15) is 9.59 Å². The average Bonchev–Trinajstić information content (AvgIpc) is 3.31. The summed E-state index contributed by atoms with van der Waals surface area (Å²) in [4.78, 5) is 33.5. The number of hydrogen-bond donors (Lipinski definition) is 1. The first-order valence-electron chi connectivity index (χ1n) is 12.5. The summed E-state index contributed by atoms with van der Waals surface area (Å²) >= 11 is 0. The molecule has 3 heterocycles. The first-order valence-corrected chi connectivity index (χ1v) is 12.5. The van der Waals surface area contributed by atoms with Crippen molar-refractivity contribution in [2.45, 2.75) is 52.1 Å². The average molecular weight is 454 g/mol. The number of benzene rings is 1. The summed E-state index contributed by atoms with van der Waals surface area (Å²) in [5.74, 6) is 0.337. The summed E-state index contributed by atoms with van der Waals surface area (Å²) in [7, 11) is 2.15. The molecule has 2 amide bonds. The van der Waals surface area contributed by atoms with Crippen molar-refractivity contribution in [1.29, 1.82) is 0 Å². The Kier molecular flexibility index (Phi) is 7.71. The summed E-state index contributed by atoms with van der Waals surface area (Å²) in [6.07, 6.45) is 6.33. The van der Waals surface area contributed by atoms with Gasteiger partial charge in [0.2, 0.25) is 0 Å². The molecule has 2 aliphatic rings. The van der Waals surface area contributed by atoms with Gasteiger partial charge in [-0.15, -0.1) is 0 Å². The van der Waals surface area contributed by atoms with Crippen LogP contribution in [0.3, 0.4) is 0 Å². The van der Waals surface area contributed by atoms with Gasteiger partial charge in [-0.05, 0) is 70.9 Å². The lowest BCUT2D eigenvalue weighted by molar-refractivity contribution is 0.131. The summed E-state index contributed by atoms with van der Waals surface area (Å²) < 4.78 is 1.74. The van der Waals surface area contributed by atoms with E-state index in [0.29, 0.717) is 17.8 Å². The summed E-state index contributed by atoms with van der Waals surface area (Å²) in [6, 6.07) is 7.78. The standard InChI is InChI=1S/C26H39N5O2/c1-20(2)18-30-19-24(22-8-4-5-9-23(22)25(30)32)27-26(33)31(17-16-29-12-6-7-13-29)21-10-14-28(3)15-11-21/h4-5,8-9,19-21H,6-7,10-18H2,1-3H3,(H,27,33). The Hall–Kier alpha value is -2.38. The van der Waals surface area contributed by atoms with Crippen molar-refractivity contribution in [1.82, 2.24) is 19.3 Å². The summed E-state index contributed by atoms with van der Waals surface area (Å²) in [6.45, 7) is 10.8. The van der Waals surface area contributed by atoms with Crippen molar-refractivity contribution in [3.63, 3.8) is 0 Å². The Morgan fingerprint density at radius 1 is 1.09 bits per heavy atom. The number of carbonyl (C=O) groups is 1. The maximum atomic E-state index is 13.7. The van der Waals surface area contributed by atoms with Gasteiger partial charge < -0.3 is 24.6 Å². The molecule has 2 fully saturated rings. The van der Waals surface area contributed by atoms with Crippen LogP contribution in [0.25, 0.3) is 10.8 Å². The van der Waals surface area contributed by atoms with E-state index >= 15 is 0 Å². The smallest absolute Gasteiger partial charge is 0.320 e. The number of nitrogens with one attached hydrogen (secondary N) is 1. The van der Waals surface area contributed by atoms with E-state index in [1.807, 2.05) is 30.5 Å². The second-order valence-electron chi connectivity index (χ2n) is 10.1. The number of aromatic nitrogens is 1. The van der Waals surface area contributed by atoms with E-state index in [-0.39, 0.29) is 17.6 Å². The SMILES string of the molecule is CC(C)Cn1cc(NC(=O)N(CCN2CCCC2)C2CCN(C)CC2)c2ccccc2c1=O. The van der Waals surface area contributed by atoms with Crippen molar-refractivity contribution in [3.8, 4) is 0 Å². The highest BCUT2D eigenvalue weighted by Gasteiger charge is 2.28. The molecule has 4 rings (SSSR count). The van der Waals surface area contributed by atoms with Crippen LogP contribution in [0.1, 0.15) is 39.5 Å². The second-order valence-corrected chi connectivity index (χ2v) is 10.1. The number of carbonyl (C=O) groups excluding carboxylic acids is 1. The predicted molar refractivity (Wildman–Crippen MR) is 135 cm³/mol. The van der Waals surface area contributed by atoms with Crippen LogP contribution in [0.15, 0.2) is 35.3 Å². The van der Waals surface area contributed by atoms with E-state index in [1.165, 1.54) is 12.8 Å². The number of hydrogen-bond acceptors (Lipinski definition) is 4. The van der Waals surface area contributed by atoms with Crippen LogP contribution >= 0.6 is 0 Å². The zero-order valence-corrected chi connectivity index (χ0v) is 20.4. The highest BCUT2D eigenvalue weighted by Crippen LogP contribution is 2.23. The summed E-state index contributed by atoms with van der Waals surface area (Å²) in [5.41, 5.74) is 0.716. The number of amides is 2. The molecule has 0 aliphatic carbocycles. The normalized spacial score (nSPS) is 18.3. The number of likely N-dealkylation sites (tertiary alicyclic amines) is 2. The van der Waals surface area contributed by atoms with Gasteiger partial charge in [0, 0.05) is 42.6 Å². The first kappa shape index (κ1) is 23.8. The van der Waals surface area contributed by atoms with E-state index in [2.05, 4.69) is 40.9 Å². The molecule has 1 aromatic heterocycles. The number of anilines is 1. The largest absolute Gasteiger partial charge is 0.322 e. The van der Waals surface area contributed by atoms with Crippen LogP contribution < -0.4 is 10.9 Å². The Bertz CT molecular complexity index is 1000. The van der Waals surface area contributed by atoms with Crippen LogP contribution in [-0.2, 0) is 6.54 Å². The van der Waals surface area contributed by atoms with Crippen molar-refractivity contribution in [2.75, 3.05) is 51.6 Å². The van der Waals surface area contributed by atoms with Crippen molar-refractivity contribution < 1.29 is 4.79 Å². The lowest BCUT2D eigenvalue weighted by Gasteiger charge is -2.38. The quantitative estimate of drug-likeness (QED) is 0.695. The van der Waals surface area contributed by atoms with Crippen LogP contribution in [-0.4, -0.2) is 77.7 Å². The highest BCUT2D eigenvalue weighted by atomic mass is 16.2. The minimum Gasteiger partial charge on any atom is -0.320 e. The Balaban J connectivity index is 1.59. The molecule has 7 nitrogen and oxygen atoms in total. The molecule has 1 aromatic carbocycles. The highest BCUT2D eigenvalue weighted by molar-refractivity contribution is 6.01. The molecular formula is C26H39N5O2. The van der Waals surface area contributed by atoms with Gasteiger partial charge in [0.1, 0.15) is 0 Å². The zero-order chi connectivity index (χ0) is 23.4. The van der Waals surface area contributed by atoms with Gasteiger partial charge in [-0.2, -0.15) is 0 Å². The number of urea groups is 1. The second kappa shape index (κ2) is 10.7.